The Balaban J connectivity index is 1.85. The van der Waals surface area contributed by atoms with Gasteiger partial charge in [-0.1, -0.05) is 17.3 Å². The number of halogens is 1. The summed E-state index contributed by atoms with van der Waals surface area (Å²) in [5.41, 5.74) is 1.33. The number of hydrogen-bond acceptors (Lipinski definition) is 5. The van der Waals surface area contributed by atoms with Gasteiger partial charge in [-0.25, -0.2) is 17.5 Å². The molecule has 1 aromatic heterocycles. The Bertz CT molecular complexity index is 910. The van der Waals surface area contributed by atoms with Gasteiger partial charge in [-0.2, -0.15) is 0 Å². The largest absolute Gasteiger partial charge is 0.360 e. The molecule has 0 fully saturated rings. The van der Waals surface area contributed by atoms with Gasteiger partial charge in [0.05, 0.1) is 18.8 Å². The van der Waals surface area contributed by atoms with Crippen LogP contribution < -0.4 is 4.72 Å². The molecule has 1 unspecified atom stereocenters. The van der Waals surface area contributed by atoms with Crippen molar-refractivity contribution in [1.29, 1.82) is 0 Å². The van der Waals surface area contributed by atoms with E-state index in [2.05, 4.69) is 9.88 Å². The highest BCUT2D eigenvalue weighted by Crippen LogP contribution is 2.31. The molecule has 0 saturated carbocycles. The van der Waals surface area contributed by atoms with Crippen LogP contribution in [0.4, 0.5) is 4.39 Å². The van der Waals surface area contributed by atoms with Gasteiger partial charge >= 0.3 is 0 Å². The van der Waals surface area contributed by atoms with E-state index in [0.717, 1.165) is 6.26 Å². The van der Waals surface area contributed by atoms with Crippen molar-refractivity contribution in [3.05, 3.63) is 41.4 Å². The predicted molar refractivity (Wildman–Crippen MR) is 88.5 cm³/mol. The Hall–Kier alpha value is -2.26. The summed E-state index contributed by atoms with van der Waals surface area (Å²) in [5.74, 6) is -0.156. The van der Waals surface area contributed by atoms with Crippen LogP contribution in [0.3, 0.4) is 0 Å². The highest BCUT2D eigenvalue weighted by atomic mass is 32.2. The molecule has 25 heavy (non-hydrogen) atoms. The molecule has 2 heterocycles. The van der Waals surface area contributed by atoms with Gasteiger partial charge in [0.15, 0.2) is 0 Å². The van der Waals surface area contributed by atoms with E-state index in [1.165, 1.54) is 17.9 Å². The minimum absolute atomic E-state index is 0.192. The van der Waals surface area contributed by atoms with Crippen molar-refractivity contribution in [3.63, 3.8) is 0 Å². The van der Waals surface area contributed by atoms with Gasteiger partial charge in [0.25, 0.3) is 0 Å². The SMILES string of the molecule is CC(NS(C)(=O)=O)C(=O)N1CCc2onc(-c3ccccc3F)c2C1. The van der Waals surface area contributed by atoms with Crippen molar-refractivity contribution in [2.45, 2.75) is 25.9 Å². The number of amides is 1. The third-order valence-corrected chi connectivity index (χ3v) is 4.81. The number of benzene rings is 1. The molecule has 1 aliphatic heterocycles. The molecule has 1 amide bonds. The van der Waals surface area contributed by atoms with Gasteiger partial charge in [-0.15, -0.1) is 0 Å². The molecule has 1 aliphatic rings. The van der Waals surface area contributed by atoms with Crippen LogP contribution in [-0.2, 0) is 27.8 Å². The molecule has 0 saturated heterocycles. The smallest absolute Gasteiger partial charge is 0.240 e. The zero-order chi connectivity index (χ0) is 18.2. The first-order valence-corrected chi connectivity index (χ1v) is 9.64. The summed E-state index contributed by atoms with van der Waals surface area (Å²) in [4.78, 5) is 14.0. The molecular formula is C16H18FN3O4S. The molecule has 1 aromatic carbocycles. The highest BCUT2D eigenvalue weighted by molar-refractivity contribution is 7.88. The lowest BCUT2D eigenvalue weighted by atomic mass is 10.0. The average molecular weight is 367 g/mol. The van der Waals surface area contributed by atoms with Crippen molar-refractivity contribution in [3.8, 4) is 11.3 Å². The number of carbonyl (C=O) groups excluding carboxylic acids is 1. The molecule has 134 valence electrons. The monoisotopic (exact) mass is 367 g/mol. The van der Waals surface area contributed by atoms with Crippen molar-refractivity contribution >= 4 is 15.9 Å². The van der Waals surface area contributed by atoms with Crippen LogP contribution in [0.15, 0.2) is 28.8 Å². The van der Waals surface area contributed by atoms with E-state index < -0.39 is 21.9 Å². The summed E-state index contributed by atoms with van der Waals surface area (Å²) in [6.07, 6.45) is 1.44. The summed E-state index contributed by atoms with van der Waals surface area (Å²) in [5, 5.41) is 3.96. The summed E-state index contributed by atoms with van der Waals surface area (Å²) >= 11 is 0. The van der Waals surface area contributed by atoms with Crippen molar-refractivity contribution < 1.29 is 22.1 Å². The minimum Gasteiger partial charge on any atom is -0.360 e. The lowest BCUT2D eigenvalue weighted by Crippen LogP contribution is -2.48. The second-order valence-corrected chi connectivity index (χ2v) is 7.81. The maximum Gasteiger partial charge on any atom is 0.240 e. The van der Waals surface area contributed by atoms with Gasteiger partial charge in [0.1, 0.15) is 17.3 Å². The van der Waals surface area contributed by atoms with Crippen molar-refractivity contribution in [2.24, 2.45) is 0 Å². The summed E-state index contributed by atoms with van der Waals surface area (Å²) in [7, 11) is -3.49. The number of nitrogens with zero attached hydrogens (tertiary/aromatic N) is 2. The number of carbonyl (C=O) groups is 1. The highest BCUT2D eigenvalue weighted by Gasteiger charge is 2.31. The van der Waals surface area contributed by atoms with Crippen LogP contribution in [0.5, 0.6) is 0 Å². The Morgan fingerprint density at radius 3 is 2.80 bits per heavy atom. The normalized spacial score (nSPS) is 15.7. The van der Waals surface area contributed by atoms with Gasteiger partial charge in [-0.05, 0) is 19.1 Å². The minimum atomic E-state index is -3.49. The standard InChI is InChI=1S/C16H18FN3O4S/c1-10(19-25(2,22)23)16(21)20-8-7-14-12(9-20)15(18-24-14)11-5-3-4-6-13(11)17/h3-6,10,19H,7-9H2,1-2H3. The fraction of sp³-hybridized carbons (Fsp3) is 0.375. The first-order valence-electron chi connectivity index (χ1n) is 7.74. The van der Waals surface area contributed by atoms with Crippen molar-refractivity contribution in [1.82, 2.24) is 14.8 Å². The number of hydrogen-bond donors (Lipinski definition) is 1. The zero-order valence-electron chi connectivity index (χ0n) is 13.8. The maximum atomic E-state index is 14.1. The fourth-order valence-electron chi connectivity index (χ4n) is 2.91. The molecule has 9 heteroatoms. The van der Waals surface area contributed by atoms with Crippen LogP contribution in [0.1, 0.15) is 18.2 Å². The summed E-state index contributed by atoms with van der Waals surface area (Å²) < 4.78 is 44.3. The number of sulfonamides is 1. The second kappa shape index (κ2) is 6.57. The van der Waals surface area contributed by atoms with Gasteiger partial charge in [-0.3, -0.25) is 4.79 Å². The van der Waals surface area contributed by atoms with E-state index >= 15 is 0 Å². The van der Waals surface area contributed by atoms with Crippen LogP contribution in [0.2, 0.25) is 0 Å². The van der Waals surface area contributed by atoms with Crippen LogP contribution in [0.25, 0.3) is 11.3 Å². The molecule has 0 spiro atoms. The number of nitrogens with one attached hydrogen (secondary N) is 1. The molecule has 7 nitrogen and oxygen atoms in total. The van der Waals surface area contributed by atoms with Crippen LogP contribution in [0, 0.1) is 5.82 Å². The van der Waals surface area contributed by atoms with Crippen molar-refractivity contribution in [2.75, 3.05) is 12.8 Å². The van der Waals surface area contributed by atoms with E-state index in [4.69, 9.17) is 4.52 Å². The van der Waals surface area contributed by atoms with Crippen LogP contribution >= 0.6 is 0 Å². The molecule has 2 aromatic rings. The Labute approximate surface area is 144 Å². The number of aromatic nitrogens is 1. The Morgan fingerprint density at radius 1 is 1.40 bits per heavy atom. The van der Waals surface area contributed by atoms with E-state index in [1.54, 1.807) is 18.2 Å². The first kappa shape index (κ1) is 17.6. The lowest BCUT2D eigenvalue weighted by Gasteiger charge is -2.28. The second-order valence-electron chi connectivity index (χ2n) is 6.03. The quantitative estimate of drug-likeness (QED) is 0.879. The molecule has 3 rings (SSSR count). The van der Waals surface area contributed by atoms with E-state index in [-0.39, 0.29) is 12.5 Å². The molecular weight excluding hydrogens is 349 g/mol. The number of rotatable bonds is 4. The molecule has 0 bridgehead atoms. The third-order valence-electron chi connectivity index (χ3n) is 4.03. The Morgan fingerprint density at radius 2 is 2.12 bits per heavy atom. The maximum absolute atomic E-state index is 14.1. The van der Waals surface area contributed by atoms with E-state index in [0.29, 0.717) is 35.5 Å². The third kappa shape index (κ3) is 3.72. The van der Waals surface area contributed by atoms with Gasteiger partial charge in [0, 0.05) is 24.1 Å². The first-order chi connectivity index (χ1) is 11.8. The Kier molecular flexibility index (Phi) is 4.61. The molecule has 0 aliphatic carbocycles. The zero-order valence-corrected chi connectivity index (χ0v) is 14.6. The lowest BCUT2D eigenvalue weighted by molar-refractivity contribution is -0.133. The van der Waals surface area contributed by atoms with E-state index in [9.17, 15) is 17.6 Å². The molecule has 0 radical (unpaired) electrons. The number of fused-ring (bicyclic) bond motifs is 1. The summed E-state index contributed by atoms with van der Waals surface area (Å²) in [6, 6.07) is 5.33. The predicted octanol–water partition coefficient (Wildman–Crippen LogP) is 1.30. The molecule has 1 N–H and O–H groups in total. The topological polar surface area (TPSA) is 92.5 Å². The summed E-state index contributed by atoms with van der Waals surface area (Å²) in [6.45, 7) is 2.06. The van der Waals surface area contributed by atoms with Gasteiger partial charge < -0.3 is 9.42 Å². The fourth-order valence-corrected chi connectivity index (χ4v) is 3.65. The van der Waals surface area contributed by atoms with Crippen LogP contribution in [-0.4, -0.2) is 43.2 Å². The van der Waals surface area contributed by atoms with E-state index in [1.807, 2.05) is 0 Å². The molecule has 1 atom stereocenters. The average Bonchev–Trinajstić information content (AvgIpc) is 2.96. The van der Waals surface area contributed by atoms with Gasteiger partial charge in [0.2, 0.25) is 15.9 Å².